The number of benzene rings is 2. The molecule has 27 heavy (non-hydrogen) atoms. The molecule has 0 saturated carbocycles. The highest BCUT2D eigenvalue weighted by molar-refractivity contribution is 5.70. The second-order valence-corrected chi connectivity index (χ2v) is 6.10. The van der Waals surface area contributed by atoms with Crippen LogP contribution in [0.25, 0.3) is 0 Å². The van der Waals surface area contributed by atoms with Gasteiger partial charge in [-0.3, -0.25) is 4.79 Å². The van der Waals surface area contributed by atoms with Gasteiger partial charge in [-0.25, -0.2) is 0 Å². The number of nitrogens with zero attached hydrogens (tertiary/aromatic N) is 3. The third-order valence-electron chi connectivity index (χ3n) is 3.93. The van der Waals surface area contributed by atoms with Gasteiger partial charge in [0.05, 0.1) is 6.42 Å². The van der Waals surface area contributed by atoms with Crippen LogP contribution in [0.5, 0.6) is 0 Å². The number of anilines is 3. The van der Waals surface area contributed by atoms with Crippen molar-refractivity contribution in [1.82, 2.24) is 15.0 Å². The van der Waals surface area contributed by atoms with Crippen molar-refractivity contribution in [2.24, 2.45) is 0 Å². The first kappa shape index (κ1) is 18.3. The summed E-state index contributed by atoms with van der Waals surface area (Å²) in [5.74, 6) is 0.409. The Bertz CT molecular complexity index is 887. The van der Waals surface area contributed by atoms with E-state index in [-0.39, 0.29) is 30.9 Å². The van der Waals surface area contributed by atoms with Crippen molar-refractivity contribution in [3.8, 4) is 0 Å². The summed E-state index contributed by atoms with van der Waals surface area (Å²) in [7, 11) is 0. The van der Waals surface area contributed by atoms with Crippen LogP contribution >= 0.6 is 0 Å². The van der Waals surface area contributed by atoms with Gasteiger partial charge in [-0.05, 0) is 23.6 Å². The number of hydrogen-bond acceptors (Lipinski definition) is 7. The molecule has 0 unspecified atom stereocenters. The zero-order valence-electron chi connectivity index (χ0n) is 15.0. The maximum atomic E-state index is 12.1. The fourth-order valence-corrected chi connectivity index (χ4v) is 2.56. The standard InChI is InChI=1S/C20H21N5O2/c1-14(15-8-4-2-5-9-15)12-18(26)27-13-17-23-19(21)25-20(24-17)22-16-10-6-3-7-11-16/h2-11,14H,12-13H2,1H3,(H3,21,22,23,24,25)/t14-/m0/s1. The number of rotatable bonds is 7. The monoisotopic (exact) mass is 363 g/mol. The summed E-state index contributed by atoms with van der Waals surface area (Å²) in [5, 5.41) is 3.04. The highest BCUT2D eigenvalue weighted by Gasteiger charge is 2.13. The van der Waals surface area contributed by atoms with Gasteiger partial charge in [-0.15, -0.1) is 0 Å². The van der Waals surface area contributed by atoms with Crippen molar-refractivity contribution in [2.45, 2.75) is 25.9 Å². The molecule has 0 aliphatic heterocycles. The number of nitrogens with one attached hydrogen (secondary N) is 1. The summed E-state index contributed by atoms with van der Waals surface area (Å²) in [5.41, 5.74) is 7.65. The molecule has 0 fully saturated rings. The Balaban J connectivity index is 1.58. The number of ether oxygens (including phenoxy) is 1. The zero-order chi connectivity index (χ0) is 19.1. The smallest absolute Gasteiger partial charge is 0.306 e. The molecule has 3 N–H and O–H groups in total. The average molecular weight is 363 g/mol. The number of para-hydroxylation sites is 1. The number of hydrogen-bond donors (Lipinski definition) is 2. The van der Waals surface area contributed by atoms with Gasteiger partial charge in [0.25, 0.3) is 0 Å². The molecule has 0 amide bonds. The summed E-state index contributed by atoms with van der Waals surface area (Å²) < 4.78 is 5.31. The number of carbonyl (C=O) groups is 1. The molecular formula is C20H21N5O2. The molecule has 0 aliphatic rings. The Kier molecular flexibility index (Phi) is 5.94. The van der Waals surface area contributed by atoms with Gasteiger partial charge in [0.15, 0.2) is 12.4 Å². The summed E-state index contributed by atoms with van der Waals surface area (Å²) in [4.78, 5) is 24.4. The molecule has 138 valence electrons. The summed E-state index contributed by atoms with van der Waals surface area (Å²) in [6.45, 7) is 1.93. The van der Waals surface area contributed by atoms with E-state index in [9.17, 15) is 4.79 Å². The van der Waals surface area contributed by atoms with E-state index >= 15 is 0 Å². The molecule has 2 aromatic carbocycles. The van der Waals surface area contributed by atoms with E-state index < -0.39 is 0 Å². The first-order chi connectivity index (χ1) is 13.1. The lowest BCUT2D eigenvalue weighted by molar-refractivity contribution is -0.145. The Morgan fingerprint density at radius 3 is 2.41 bits per heavy atom. The van der Waals surface area contributed by atoms with E-state index in [0.717, 1.165) is 11.3 Å². The van der Waals surface area contributed by atoms with Gasteiger partial charge in [-0.1, -0.05) is 55.5 Å². The first-order valence-corrected chi connectivity index (χ1v) is 8.63. The van der Waals surface area contributed by atoms with Gasteiger partial charge >= 0.3 is 5.97 Å². The molecule has 0 radical (unpaired) electrons. The predicted molar refractivity (Wildman–Crippen MR) is 103 cm³/mol. The molecule has 3 rings (SSSR count). The lowest BCUT2D eigenvalue weighted by Crippen LogP contribution is -2.12. The topological polar surface area (TPSA) is 103 Å². The second-order valence-electron chi connectivity index (χ2n) is 6.10. The maximum Gasteiger partial charge on any atom is 0.306 e. The number of carbonyl (C=O) groups excluding carboxylic acids is 1. The number of esters is 1. The van der Waals surface area contributed by atoms with Gasteiger partial charge in [0.1, 0.15) is 0 Å². The fraction of sp³-hybridized carbons (Fsp3) is 0.200. The quantitative estimate of drug-likeness (QED) is 0.620. The van der Waals surface area contributed by atoms with Crippen LogP contribution in [0, 0.1) is 0 Å². The highest BCUT2D eigenvalue weighted by Crippen LogP contribution is 2.19. The van der Waals surface area contributed by atoms with Crippen LogP contribution in [-0.2, 0) is 16.1 Å². The van der Waals surface area contributed by atoms with Gasteiger partial charge in [0.2, 0.25) is 11.9 Å². The minimum atomic E-state index is -0.317. The molecule has 0 aliphatic carbocycles. The lowest BCUT2D eigenvalue weighted by atomic mass is 9.98. The zero-order valence-corrected chi connectivity index (χ0v) is 15.0. The molecule has 0 bridgehead atoms. The average Bonchev–Trinajstić information content (AvgIpc) is 2.67. The molecule has 0 saturated heterocycles. The fourth-order valence-electron chi connectivity index (χ4n) is 2.56. The van der Waals surface area contributed by atoms with Crippen molar-refractivity contribution >= 4 is 23.6 Å². The highest BCUT2D eigenvalue weighted by atomic mass is 16.5. The van der Waals surface area contributed by atoms with Crippen LogP contribution in [0.1, 0.15) is 30.7 Å². The van der Waals surface area contributed by atoms with E-state index in [1.807, 2.05) is 67.6 Å². The van der Waals surface area contributed by atoms with Crippen molar-refractivity contribution in [2.75, 3.05) is 11.1 Å². The van der Waals surface area contributed by atoms with E-state index in [0.29, 0.717) is 11.8 Å². The third-order valence-corrected chi connectivity index (χ3v) is 3.93. The summed E-state index contributed by atoms with van der Waals surface area (Å²) >= 11 is 0. The number of aromatic nitrogens is 3. The SMILES string of the molecule is C[C@@H](CC(=O)OCc1nc(N)nc(Nc2ccccc2)n1)c1ccccc1. The van der Waals surface area contributed by atoms with Crippen molar-refractivity contribution in [3.05, 3.63) is 72.1 Å². The summed E-state index contributed by atoms with van der Waals surface area (Å²) in [6.07, 6.45) is 0.277. The van der Waals surface area contributed by atoms with Crippen LogP contribution in [0.15, 0.2) is 60.7 Å². The molecule has 0 spiro atoms. The summed E-state index contributed by atoms with van der Waals surface area (Å²) in [6, 6.07) is 19.3. The van der Waals surface area contributed by atoms with Crippen LogP contribution in [0.4, 0.5) is 17.6 Å². The maximum absolute atomic E-state index is 12.1. The van der Waals surface area contributed by atoms with Crippen molar-refractivity contribution < 1.29 is 9.53 Å². The van der Waals surface area contributed by atoms with E-state index in [1.54, 1.807) is 0 Å². The van der Waals surface area contributed by atoms with Crippen LogP contribution in [0.2, 0.25) is 0 Å². The molecule has 7 heteroatoms. The largest absolute Gasteiger partial charge is 0.457 e. The minimum absolute atomic E-state index is 0.0590. The van der Waals surface area contributed by atoms with E-state index in [1.165, 1.54) is 0 Å². The van der Waals surface area contributed by atoms with Gasteiger partial charge in [0, 0.05) is 5.69 Å². The Morgan fingerprint density at radius 2 is 1.70 bits per heavy atom. The molecule has 7 nitrogen and oxygen atoms in total. The van der Waals surface area contributed by atoms with E-state index in [4.69, 9.17) is 10.5 Å². The number of nitrogens with two attached hydrogens (primary N) is 1. The number of nitrogen functional groups attached to an aromatic ring is 1. The molecule has 1 aromatic heterocycles. The minimum Gasteiger partial charge on any atom is -0.457 e. The Morgan fingerprint density at radius 1 is 1.04 bits per heavy atom. The molecule has 1 heterocycles. The molecular weight excluding hydrogens is 342 g/mol. The van der Waals surface area contributed by atoms with Crippen LogP contribution < -0.4 is 11.1 Å². The molecule has 1 atom stereocenters. The van der Waals surface area contributed by atoms with E-state index in [2.05, 4.69) is 20.3 Å². The van der Waals surface area contributed by atoms with Gasteiger partial charge in [-0.2, -0.15) is 15.0 Å². The second kappa shape index (κ2) is 8.75. The van der Waals surface area contributed by atoms with Crippen LogP contribution in [-0.4, -0.2) is 20.9 Å². The predicted octanol–water partition coefficient (Wildman–Crippen LogP) is 3.43. The Labute approximate surface area is 157 Å². The van der Waals surface area contributed by atoms with Crippen molar-refractivity contribution in [3.63, 3.8) is 0 Å². The lowest BCUT2D eigenvalue weighted by Gasteiger charge is -2.11. The third kappa shape index (κ3) is 5.50. The normalized spacial score (nSPS) is 11.6. The first-order valence-electron chi connectivity index (χ1n) is 8.63. The van der Waals surface area contributed by atoms with Gasteiger partial charge < -0.3 is 15.8 Å². The molecule has 3 aromatic rings. The Hall–Kier alpha value is -3.48. The van der Waals surface area contributed by atoms with Crippen molar-refractivity contribution in [1.29, 1.82) is 0 Å². The van der Waals surface area contributed by atoms with Crippen LogP contribution in [0.3, 0.4) is 0 Å².